The molecule has 2 aromatic rings. The second-order valence-electron chi connectivity index (χ2n) is 12.2. The first-order chi connectivity index (χ1) is 28.7. The summed E-state index contributed by atoms with van der Waals surface area (Å²) in [4.78, 5) is 38.4. The van der Waals surface area contributed by atoms with Gasteiger partial charge >= 0.3 is 0 Å². The van der Waals surface area contributed by atoms with Crippen molar-refractivity contribution in [1.82, 2.24) is 15.4 Å². The normalized spacial score (nSPS) is 12.7. The van der Waals surface area contributed by atoms with Crippen LogP contribution in [0.25, 0.3) is 6.08 Å². The minimum Gasteiger partial charge on any atom is -0.451 e. The van der Waals surface area contributed by atoms with Crippen LogP contribution >= 0.6 is 0 Å². The Balaban J connectivity index is 1.47. The first-order valence-electron chi connectivity index (χ1n) is 18.6. The fourth-order valence-corrected chi connectivity index (χ4v) is 5.55. The van der Waals surface area contributed by atoms with Gasteiger partial charge in [-0.2, -0.15) is 4.99 Å². The summed E-state index contributed by atoms with van der Waals surface area (Å²) in [7, 11) is -3.93. The molecule has 0 aliphatic rings. The van der Waals surface area contributed by atoms with Crippen LogP contribution in [0.3, 0.4) is 0 Å². The number of benzene rings is 2. The number of aliphatic hydroxyl groups excluding tert-OH is 2. The molecule has 0 bridgehead atoms. The molecule has 2 atom stereocenters. The molecule has 0 unspecified atom stereocenters. The Kier molecular flexibility index (Phi) is 24.6. The van der Waals surface area contributed by atoms with Crippen LogP contribution in [0.4, 0.5) is 8.78 Å². The van der Waals surface area contributed by atoms with E-state index in [0.29, 0.717) is 46.2 Å². The van der Waals surface area contributed by atoms with Crippen molar-refractivity contribution in [1.29, 1.82) is 0 Å². The van der Waals surface area contributed by atoms with Crippen LogP contribution in [0, 0.1) is 11.6 Å². The van der Waals surface area contributed by atoms with Crippen molar-refractivity contribution in [3.05, 3.63) is 59.2 Å². The van der Waals surface area contributed by atoms with Gasteiger partial charge < -0.3 is 65.5 Å². The van der Waals surface area contributed by atoms with Crippen molar-refractivity contribution in [3.63, 3.8) is 0 Å². The summed E-state index contributed by atoms with van der Waals surface area (Å²) in [5, 5.41) is 24.0. The van der Waals surface area contributed by atoms with Gasteiger partial charge in [0.25, 0.3) is 17.7 Å². The van der Waals surface area contributed by atoms with Gasteiger partial charge in [-0.15, -0.1) is 0 Å². The Morgan fingerprint density at radius 3 is 1.62 bits per heavy atom. The van der Waals surface area contributed by atoms with E-state index < -0.39 is 63.3 Å². The van der Waals surface area contributed by atoms with Gasteiger partial charge in [-0.3, -0.25) is 14.4 Å². The van der Waals surface area contributed by atoms with E-state index in [1.165, 1.54) is 37.3 Å². The first kappa shape index (κ1) is 51.5. The summed E-state index contributed by atoms with van der Waals surface area (Å²) in [6.07, 6.45) is -2.56. The van der Waals surface area contributed by atoms with E-state index >= 15 is 0 Å². The van der Waals surface area contributed by atoms with Gasteiger partial charge in [-0.25, -0.2) is 21.9 Å². The minimum atomic E-state index is -3.93. The number of halogens is 2. The van der Waals surface area contributed by atoms with Crippen molar-refractivity contribution < 1.29 is 75.0 Å². The Labute approximate surface area is 346 Å². The summed E-state index contributed by atoms with van der Waals surface area (Å²) >= 11 is 0. The highest BCUT2D eigenvalue weighted by atomic mass is 32.2. The average Bonchev–Trinajstić information content (AvgIpc) is 3.20. The summed E-state index contributed by atoms with van der Waals surface area (Å²) in [6.45, 7) is 6.54. The molecule has 0 aliphatic heterocycles. The van der Waals surface area contributed by atoms with Crippen molar-refractivity contribution in [3.8, 4) is 11.5 Å². The zero-order chi connectivity index (χ0) is 44.3. The lowest BCUT2D eigenvalue weighted by Crippen LogP contribution is -2.49. The van der Waals surface area contributed by atoms with Gasteiger partial charge in [-0.1, -0.05) is 0 Å². The maximum absolute atomic E-state index is 14.7. The molecule has 336 valence electrons. The van der Waals surface area contributed by atoms with E-state index in [1.807, 2.05) is 0 Å². The van der Waals surface area contributed by atoms with E-state index in [1.54, 1.807) is 6.92 Å². The number of likely N-dealkylation sites (N-methyl/N-ethyl adjacent to an activating group) is 1. The van der Waals surface area contributed by atoms with Gasteiger partial charge in [0, 0.05) is 25.2 Å². The summed E-state index contributed by atoms with van der Waals surface area (Å²) in [5.74, 6) is -5.85. The highest BCUT2D eigenvalue weighted by Gasteiger charge is 2.29. The summed E-state index contributed by atoms with van der Waals surface area (Å²) in [6, 6.07) is 6.78. The molecule has 0 saturated heterocycles. The topological polar surface area (TPSA) is 291 Å². The quantitative estimate of drug-likeness (QED) is 0.0214. The molecule has 2 rings (SSSR count). The highest BCUT2D eigenvalue weighted by molar-refractivity contribution is 7.89. The summed E-state index contributed by atoms with van der Waals surface area (Å²) < 4.78 is 94.7. The molecular weight excluding hydrogens is 822 g/mol. The number of nitrogens with zero attached hydrogens (tertiary/aromatic N) is 1. The number of ether oxygens (including phenoxy) is 7. The Hall–Kier alpha value is -4.69. The fourth-order valence-electron chi connectivity index (χ4n) is 4.53. The molecule has 0 fully saturated rings. The van der Waals surface area contributed by atoms with E-state index in [-0.39, 0.29) is 74.5 Å². The molecule has 9 N–H and O–H groups in total. The van der Waals surface area contributed by atoms with Gasteiger partial charge in [0.1, 0.15) is 5.75 Å². The Bertz CT molecular complexity index is 1780. The molecule has 3 amide bonds. The zero-order valence-corrected chi connectivity index (χ0v) is 34.2. The average molecular weight is 877 g/mol. The van der Waals surface area contributed by atoms with Crippen LogP contribution in [-0.4, -0.2) is 153 Å². The monoisotopic (exact) mass is 876 g/mol. The van der Waals surface area contributed by atoms with Gasteiger partial charge in [0.05, 0.1) is 84.2 Å². The number of carbonyl (C=O) groups is 3. The molecule has 0 heterocycles. The van der Waals surface area contributed by atoms with Crippen LogP contribution in [-0.2, 0) is 52.8 Å². The second kappa shape index (κ2) is 28.7. The Morgan fingerprint density at radius 1 is 0.733 bits per heavy atom. The third-order valence-corrected chi connectivity index (χ3v) is 8.93. The van der Waals surface area contributed by atoms with Crippen LogP contribution in [0.1, 0.15) is 19.4 Å². The molecular formula is C37H54F2N6O14S. The minimum absolute atomic E-state index is 0.0190. The standard InChI is InChI=1S/C37H54F2N6O14S/c1-3-42-35(49)31(46)32(47)36(50)43-8-10-53-12-14-55-16-18-57-20-21-58-19-17-56-15-13-54-11-9-44-60(51,52)28-6-4-27(5-7-28)59-33-29(38)23-26(24-30(33)39)22-25(2)34(48)45-37(40)41/h4-7,22-24,31-32,44,46-47H,3,8-21H2,1-2H3,(H,42,49)(H,43,50)(H4,40,41,45,48)/b25-22+/t31-,32-/m1/s1. The number of hydrogen-bond acceptors (Lipinski definition) is 14. The molecule has 0 radical (unpaired) electrons. The molecule has 0 spiro atoms. The van der Waals surface area contributed by atoms with Crippen LogP contribution in [0.15, 0.2) is 51.9 Å². The van der Waals surface area contributed by atoms with Crippen LogP contribution in [0.2, 0.25) is 0 Å². The molecule has 20 nitrogen and oxygen atoms in total. The second-order valence-corrected chi connectivity index (χ2v) is 14.0. The number of sulfonamides is 1. The first-order valence-corrected chi connectivity index (χ1v) is 20.1. The maximum Gasteiger partial charge on any atom is 0.275 e. The van der Waals surface area contributed by atoms with Crippen molar-refractivity contribution in [2.45, 2.75) is 31.0 Å². The molecule has 0 aromatic heterocycles. The molecule has 2 aromatic carbocycles. The number of aliphatic imine (C=N–C) groups is 1. The van der Waals surface area contributed by atoms with E-state index in [9.17, 15) is 41.8 Å². The van der Waals surface area contributed by atoms with Crippen molar-refractivity contribution in [2.75, 3.05) is 98.9 Å². The molecule has 60 heavy (non-hydrogen) atoms. The number of hydrogen-bond donors (Lipinski definition) is 7. The fraction of sp³-hybridized carbons (Fsp3) is 0.514. The van der Waals surface area contributed by atoms with Gasteiger partial charge in [0.15, 0.2) is 35.6 Å². The van der Waals surface area contributed by atoms with Gasteiger partial charge in [-0.05, 0) is 61.9 Å². The molecule has 0 saturated carbocycles. The largest absolute Gasteiger partial charge is 0.451 e. The van der Waals surface area contributed by atoms with E-state index in [4.69, 9.17) is 44.6 Å². The number of aliphatic hydroxyl groups is 2. The SMILES string of the molecule is CCNC(=O)[C@H](O)[C@@H](O)C(=O)NCCOCCOCCOCCOCCOCCOCCNS(=O)(=O)c1ccc(Oc2c(F)cc(/C=C(\C)C(=O)N=C(N)N)cc2F)cc1. The number of carbonyl (C=O) groups excluding carboxylic acids is 3. The molecule has 0 aliphatic carbocycles. The van der Waals surface area contributed by atoms with Gasteiger partial charge in [0.2, 0.25) is 10.0 Å². The van der Waals surface area contributed by atoms with Crippen molar-refractivity contribution >= 4 is 39.8 Å². The zero-order valence-electron chi connectivity index (χ0n) is 33.4. The summed E-state index contributed by atoms with van der Waals surface area (Å²) in [5.41, 5.74) is 10.4. The van der Waals surface area contributed by atoms with Crippen LogP contribution < -0.4 is 31.6 Å². The molecule has 23 heteroatoms. The predicted octanol–water partition coefficient (Wildman–Crippen LogP) is -0.688. The number of nitrogens with two attached hydrogens (primary N) is 2. The lowest BCUT2D eigenvalue weighted by molar-refractivity contribution is -0.146. The smallest absolute Gasteiger partial charge is 0.275 e. The number of amides is 3. The van der Waals surface area contributed by atoms with E-state index in [2.05, 4.69) is 20.3 Å². The maximum atomic E-state index is 14.7. The lowest BCUT2D eigenvalue weighted by Gasteiger charge is -2.16. The number of nitrogens with one attached hydrogen (secondary N) is 3. The van der Waals surface area contributed by atoms with E-state index in [0.717, 1.165) is 12.1 Å². The third-order valence-electron chi connectivity index (χ3n) is 7.46. The Morgan fingerprint density at radius 2 is 1.17 bits per heavy atom. The highest BCUT2D eigenvalue weighted by Crippen LogP contribution is 2.30. The number of guanidine groups is 1. The third kappa shape index (κ3) is 20.5. The number of rotatable bonds is 31. The van der Waals surface area contributed by atoms with Crippen LogP contribution in [0.5, 0.6) is 11.5 Å². The lowest BCUT2D eigenvalue weighted by atomic mass is 10.1. The predicted molar refractivity (Wildman–Crippen MR) is 211 cm³/mol. The van der Waals surface area contributed by atoms with Crippen molar-refractivity contribution in [2.24, 2.45) is 16.5 Å².